The van der Waals surface area contributed by atoms with E-state index in [0.717, 1.165) is 17.5 Å². The third-order valence-electron chi connectivity index (χ3n) is 2.68. The zero-order chi connectivity index (χ0) is 15.1. The minimum absolute atomic E-state index is 0.0351. The van der Waals surface area contributed by atoms with Crippen LogP contribution < -0.4 is 11.2 Å². The minimum Gasteiger partial charge on any atom is -0.324 e. The second-order valence-corrected chi connectivity index (χ2v) is 5.17. The molecule has 0 aliphatic carbocycles. The first kappa shape index (κ1) is 16.0. The molecule has 0 spiro atoms. The molecule has 0 heterocycles. The van der Waals surface area contributed by atoms with E-state index in [2.05, 4.69) is 24.4 Å². The largest absolute Gasteiger partial charge is 0.324 e. The van der Waals surface area contributed by atoms with Gasteiger partial charge in [-0.15, -0.1) is 0 Å². The number of ketones is 1. The molecular weight excluding hydrogens is 252 g/mol. The maximum atomic E-state index is 11.6. The van der Waals surface area contributed by atoms with Crippen LogP contribution in [-0.4, -0.2) is 24.4 Å². The molecule has 4 N–H and O–H groups in total. The van der Waals surface area contributed by atoms with Crippen molar-refractivity contribution in [2.75, 3.05) is 6.54 Å². The number of hydrazone groups is 1. The first-order valence-electron chi connectivity index (χ1n) is 6.63. The van der Waals surface area contributed by atoms with Crippen molar-refractivity contribution >= 4 is 17.8 Å². The normalized spacial score (nSPS) is 11.1. The molecule has 0 aromatic heterocycles. The maximum absolute atomic E-state index is 11.6. The molecule has 0 aliphatic rings. The number of hydrogen-bond acceptors (Lipinski definition) is 4. The van der Waals surface area contributed by atoms with Crippen molar-refractivity contribution in [3.05, 3.63) is 34.9 Å². The Morgan fingerprint density at radius 1 is 1.45 bits per heavy atom. The van der Waals surface area contributed by atoms with Crippen LogP contribution in [-0.2, 0) is 6.42 Å². The summed E-state index contributed by atoms with van der Waals surface area (Å²) in [6, 6.07) is 5.72. The van der Waals surface area contributed by atoms with Gasteiger partial charge in [-0.1, -0.05) is 19.9 Å². The van der Waals surface area contributed by atoms with Crippen LogP contribution in [0.1, 0.15) is 42.3 Å². The Morgan fingerprint density at radius 3 is 2.70 bits per heavy atom. The monoisotopic (exact) mass is 274 g/mol. The van der Waals surface area contributed by atoms with Crippen LogP contribution in [0.4, 0.5) is 0 Å². The molecule has 5 nitrogen and oxygen atoms in total. The van der Waals surface area contributed by atoms with Crippen LogP contribution in [0.5, 0.6) is 0 Å². The summed E-state index contributed by atoms with van der Waals surface area (Å²) in [6.07, 6.45) is 2.51. The molecule has 0 amide bonds. The number of rotatable bonds is 6. The number of nitrogens with zero attached hydrogens (tertiary/aromatic N) is 1. The standard InChI is InChI=1S/C15H22N4O/c1-10(2)4-12-5-13(7-14(6-12)11(3)20)9-18-19-15(17)8-16/h5-7,9-10H,4,8,16H2,1-3H3,(H2,17,19)/b18-9-. The number of nitrogens with one attached hydrogen (secondary N) is 2. The molecule has 108 valence electrons. The van der Waals surface area contributed by atoms with E-state index >= 15 is 0 Å². The highest BCUT2D eigenvalue weighted by Gasteiger charge is 2.05. The van der Waals surface area contributed by atoms with E-state index in [1.54, 1.807) is 19.2 Å². The fraction of sp³-hybridized carbons (Fsp3) is 0.400. The van der Waals surface area contributed by atoms with Gasteiger partial charge >= 0.3 is 0 Å². The lowest BCUT2D eigenvalue weighted by molar-refractivity contribution is 0.101. The lowest BCUT2D eigenvalue weighted by Gasteiger charge is -2.08. The van der Waals surface area contributed by atoms with Crippen LogP contribution in [0.2, 0.25) is 0 Å². The number of carbonyl (C=O) groups is 1. The summed E-state index contributed by atoms with van der Waals surface area (Å²) in [5.74, 6) is 0.699. The van der Waals surface area contributed by atoms with Crippen molar-refractivity contribution in [2.45, 2.75) is 27.2 Å². The topological polar surface area (TPSA) is 91.3 Å². The predicted octanol–water partition coefficient (Wildman–Crippen LogP) is 1.95. The van der Waals surface area contributed by atoms with E-state index < -0.39 is 0 Å². The van der Waals surface area contributed by atoms with Crippen LogP contribution in [0.3, 0.4) is 0 Å². The van der Waals surface area contributed by atoms with Gasteiger partial charge in [0.2, 0.25) is 0 Å². The van der Waals surface area contributed by atoms with Gasteiger partial charge in [-0.25, -0.2) is 0 Å². The lowest BCUT2D eigenvalue weighted by atomic mass is 9.97. The molecule has 20 heavy (non-hydrogen) atoms. The zero-order valence-corrected chi connectivity index (χ0v) is 12.2. The van der Waals surface area contributed by atoms with Crippen LogP contribution >= 0.6 is 0 Å². The van der Waals surface area contributed by atoms with Crippen molar-refractivity contribution in [1.82, 2.24) is 5.43 Å². The van der Waals surface area contributed by atoms with Gasteiger partial charge in [-0.2, -0.15) is 5.10 Å². The number of nitrogens with two attached hydrogens (primary N) is 1. The Kier molecular flexibility index (Phi) is 6.06. The first-order valence-corrected chi connectivity index (χ1v) is 6.63. The Bertz CT molecular complexity index is 521. The van der Waals surface area contributed by atoms with Crippen molar-refractivity contribution in [3.8, 4) is 0 Å². The molecule has 1 aromatic carbocycles. The van der Waals surface area contributed by atoms with Gasteiger partial charge in [0.05, 0.1) is 12.8 Å². The van der Waals surface area contributed by atoms with Crippen LogP contribution in [0, 0.1) is 11.3 Å². The number of Topliss-reactive ketones (excluding diaryl/α,β-unsaturated/α-hetero) is 1. The quantitative estimate of drug-likeness (QED) is 0.320. The van der Waals surface area contributed by atoms with Gasteiger partial charge < -0.3 is 5.73 Å². The second-order valence-electron chi connectivity index (χ2n) is 5.17. The molecule has 0 saturated carbocycles. The van der Waals surface area contributed by atoms with E-state index in [-0.39, 0.29) is 18.2 Å². The molecular formula is C15H22N4O. The summed E-state index contributed by atoms with van der Waals surface area (Å²) in [5, 5.41) is 11.3. The van der Waals surface area contributed by atoms with E-state index in [1.807, 2.05) is 12.1 Å². The lowest BCUT2D eigenvalue weighted by Crippen LogP contribution is -2.25. The van der Waals surface area contributed by atoms with E-state index in [9.17, 15) is 4.79 Å². The van der Waals surface area contributed by atoms with Crippen LogP contribution in [0.25, 0.3) is 0 Å². The van der Waals surface area contributed by atoms with Gasteiger partial charge in [0, 0.05) is 5.56 Å². The smallest absolute Gasteiger partial charge is 0.159 e. The summed E-state index contributed by atoms with van der Waals surface area (Å²) in [7, 11) is 0. The predicted molar refractivity (Wildman–Crippen MR) is 82.5 cm³/mol. The highest BCUT2D eigenvalue weighted by atomic mass is 16.1. The Hall–Kier alpha value is -2.01. The van der Waals surface area contributed by atoms with Crippen molar-refractivity contribution in [1.29, 1.82) is 5.41 Å². The molecule has 5 heteroatoms. The summed E-state index contributed by atoms with van der Waals surface area (Å²) in [4.78, 5) is 11.6. The van der Waals surface area contributed by atoms with E-state index in [1.165, 1.54) is 0 Å². The zero-order valence-electron chi connectivity index (χ0n) is 12.2. The Balaban J connectivity index is 2.96. The minimum atomic E-state index is 0.0351. The highest BCUT2D eigenvalue weighted by molar-refractivity contribution is 5.96. The molecule has 1 aromatic rings. The number of carbonyl (C=O) groups excluding carboxylic acids is 1. The molecule has 0 radical (unpaired) electrons. The number of benzene rings is 1. The fourth-order valence-electron chi connectivity index (χ4n) is 1.82. The van der Waals surface area contributed by atoms with Gasteiger partial charge in [-0.05, 0) is 42.5 Å². The SMILES string of the molecule is CC(=O)c1cc(/C=N\NC(=N)CN)cc(CC(C)C)c1. The second kappa shape index (κ2) is 7.55. The van der Waals surface area contributed by atoms with Gasteiger partial charge in [0.1, 0.15) is 5.84 Å². The van der Waals surface area contributed by atoms with Gasteiger partial charge in [0.15, 0.2) is 5.78 Å². The maximum Gasteiger partial charge on any atom is 0.159 e. The Labute approximate surface area is 119 Å². The molecule has 0 saturated heterocycles. The third-order valence-corrected chi connectivity index (χ3v) is 2.68. The number of hydrogen-bond donors (Lipinski definition) is 3. The summed E-state index contributed by atoms with van der Waals surface area (Å²) >= 11 is 0. The molecule has 0 aliphatic heterocycles. The summed E-state index contributed by atoms with van der Waals surface area (Å²) in [5.41, 5.74) is 10.5. The molecule has 0 atom stereocenters. The summed E-state index contributed by atoms with van der Waals surface area (Å²) < 4.78 is 0. The van der Waals surface area contributed by atoms with E-state index in [0.29, 0.717) is 11.5 Å². The van der Waals surface area contributed by atoms with Gasteiger partial charge in [-0.3, -0.25) is 15.6 Å². The average molecular weight is 274 g/mol. The molecule has 0 bridgehead atoms. The highest BCUT2D eigenvalue weighted by Crippen LogP contribution is 2.14. The first-order chi connectivity index (χ1) is 9.42. The molecule has 1 rings (SSSR count). The Morgan fingerprint density at radius 2 is 2.15 bits per heavy atom. The molecule has 0 unspecified atom stereocenters. The summed E-state index contributed by atoms with van der Waals surface area (Å²) in [6.45, 7) is 5.94. The fourth-order valence-corrected chi connectivity index (χ4v) is 1.82. The molecule has 0 fully saturated rings. The van der Waals surface area contributed by atoms with Crippen molar-refractivity contribution in [3.63, 3.8) is 0 Å². The van der Waals surface area contributed by atoms with E-state index in [4.69, 9.17) is 11.1 Å². The average Bonchev–Trinajstić information content (AvgIpc) is 2.37. The van der Waals surface area contributed by atoms with Crippen molar-refractivity contribution in [2.24, 2.45) is 16.8 Å². The third kappa shape index (κ3) is 5.32. The number of amidine groups is 1. The van der Waals surface area contributed by atoms with Crippen molar-refractivity contribution < 1.29 is 4.79 Å². The van der Waals surface area contributed by atoms with Crippen LogP contribution in [0.15, 0.2) is 23.3 Å². The van der Waals surface area contributed by atoms with Gasteiger partial charge in [0.25, 0.3) is 0 Å².